The van der Waals surface area contributed by atoms with E-state index in [1.54, 1.807) is 37.3 Å². The van der Waals surface area contributed by atoms with Gasteiger partial charge in [0.1, 0.15) is 0 Å². The number of hydrazone groups is 1. The van der Waals surface area contributed by atoms with E-state index in [9.17, 15) is 9.59 Å². The average molecular weight is 388 g/mol. The van der Waals surface area contributed by atoms with Crippen LogP contribution in [-0.2, 0) is 14.3 Å². The van der Waals surface area contributed by atoms with Crippen LogP contribution in [0.3, 0.4) is 0 Å². The molecule has 2 aromatic rings. The second-order valence-electron chi connectivity index (χ2n) is 6.03. The van der Waals surface area contributed by atoms with Crippen LogP contribution in [0.4, 0.5) is 5.69 Å². The normalized spacial score (nSPS) is 12.4. The minimum atomic E-state index is -0.770. The van der Waals surface area contributed by atoms with Crippen LogP contribution >= 0.6 is 11.6 Å². The van der Waals surface area contributed by atoms with Crippen LogP contribution in [0.15, 0.2) is 53.6 Å². The fourth-order valence-corrected chi connectivity index (χ4v) is 2.69. The Morgan fingerprint density at radius 2 is 1.89 bits per heavy atom. The molecule has 0 aliphatic carbocycles. The number of benzene rings is 2. The molecule has 0 aromatic heterocycles. The first-order chi connectivity index (χ1) is 12.9. The molecule has 142 valence electrons. The highest BCUT2D eigenvalue weighted by Gasteiger charge is 2.19. The minimum Gasteiger partial charge on any atom is -0.367 e. The fourth-order valence-electron chi connectivity index (χ4n) is 2.47. The van der Waals surface area contributed by atoms with Crippen molar-refractivity contribution in [2.45, 2.75) is 26.4 Å². The standard InChI is InChI=1S/C20H22ClN3O3/c1-13-11-16(21)9-10-17(13)22-18(25)12-14(2)23-24-20(26)19(27-3)15-7-5-4-6-8-15/h4-11,19H,12H2,1-3H3,(H,22,25)(H,24,26)/b23-14-/t19-/m0/s1. The number of anilines is 1. The van der Waals surface area contributed by atoms with Crippen molar-refractivity contribution in [3.63, 3.8) is 0 Å². The van der Waals surface area contributed by atoms with Crippen LogP contribution in [0.5, 0.6) is 0 Å². The summed E-state index contributed by atoms with van der Waals surface area (Å²) in [6, 6.07) is 14.3. The molecular formula is C20H22ClN3O3. The third-order valence-corrected chi connectivity index (χ3v) is 4.05. The second-order valence-corrected chi connectivity index (χ2v) is 6.47. The van der Waals surface area contributed by atoms with Gasteiger partial charge in [0.2, 0.25) is 5.91 Å². The number of ether oxygens (including phenoxy) is 1. The van der Waals surface area contributed by atoms with E-state index in [1.165, 1.54) is 7.11 Å². The van der Waals surface area contributed by atoms with Crippen molar-refractivity contribution < 1.29 is 14.3 Å². The maximum Gasteiger partial charge on any atom is 0.273 e. The number of nitrogens with zero attached hydrogens (tertiary/aromatic N) is 1. The van der Waals surface area contributed by atoms with E-state index < -0.39 is 12.0 Å². The number of aryl methyl sites for hydroxylation is 1. The van der Waals surface area contributed by atoms with E-state index in [1.807, 2.05) is 25.1 Å². The topological polar surface area (TPSA) is 79.8 Å². The first-order valence-corrected chi connectivity index (χ1v) is 8.75. The van der Waals surface area contributed by atoms with Crippen molar-refractivity contribution in [3.05, 3.63) is 64.7 Å². The molecule has 0 aliphatic rings. The van der Waals surface area contributed by atoms with Crippen molar-refractivity contribution in [2.24, 2.45) is 5.10 Å². The monoisotopic (exact) mass is 387 g/mol. The van der Waals surface area contributed by atoms with Crippen LogP contribution in [-0.4, -0.2) is 24.6 Å². The molecule has 0 fully saturated rings. The van der Waals surface area contributed by atoms with Gasteiger partial charge in [0.25, 0.3) is 5.91 Å². The lowest BCUT2D eigenvalue weighted by Gasteiger charge is -2.14. The van der Waals surface area contributed by atoms with Gasteiger partial charge in [0.15, 0.2) is 6.10 Å². The number of nitrogens with one attached hydrogen (secondary N) is 2. The average Bonchev–Trinajstić information content (AvgIpc) is 2.64. The Kier molecular flexibility index (Phi) is 7.52. The number of rotatable bonds is 7. The van der Waals surface area contributed by atoms with Gasteiger partial charge in [-0.2, -0.15) is 5.10 Å². The van der Waals surface area contributed by atoms with Crippen molar-refractivity contribution >= 4 is 34.8 Å². The summed E-state index contributed by atoms with van der Waals surface area (Å²) in [5.74, 6) is -0.640. The van der Waals surface area contributed by atoms with Crippen LogP contribution in [0.25, 0.3) is 0 Å². The molecule has 27 heavy (non-hydrogen) atoms. The quantitative estimate of drug-likeness (QED) is 0.559. The highest BCUT2D eigenvalue weighted by Crippen LogP contribution is 2.20. The van der Waals surface area contributed by atoms with E-state index in [4.69, 9.17) is 16.3 Å². The fraction of sp³-hybridized carbons (Fsp3) is 0.250. The van der Waals surface area contributed by atoms with Crippen LogP contribution in [0.2, 0.25) is 5.02 Å². The van der Waals surface area contributed by atoms with Crippen molar-refractivity contribution in [1.29, 1.82) is 0 Å². The lowest BCUT2D eigenvalue weighted by molar-refractivity contribution is -0.131. The molecule has 2 aromatic carbocycles. The number of halogens is 1. The third-order valence-electron chi connectivity index (χ3n) is 3.81. The van der Waals surface area contributed by atoms with Crippen LogP contribution in [0, 0.1) is 6.92 Å². The molecular weight excluding hydrogens is 366 g/mol. The number of hydrogen-bond donors (Lipinski definition) is 2. The largest absolute Gasteiger partial charge is 0.367 e. The molecule has 2 N–H and O–H groups in total. The smallest absolute Gasteiger partial charge is 0.273 e. The zero-order valence-electron chi connectivity index (χ0n) is 15.5. The Morgan fingerprint density at radius 1 is 1.19 bits per heavy atom. The Bertz CT molecular complexity index is 838. The third kappa shape index (κ3) is 6.20. The predicted molar refractivity (Wildman–Crippen MR) is 107 cm³/mol. The summed E-state index contributed by atoms with van der Waals surface area (Å²) < 4.78 is 5.24. The Morgan fingerprint density at radius 3 is 2.52 bits per heavy atom. The van der Waals surface area contributed by atoms with E-state index >= 15 is 0 Å². The Labute approximate surface area is 163 Å². The summed E-state index contributed by atoms with van der Waals surface area (Å²) in [5.41, 5.74) is 5.19. The van der Waals surface area contributed by atoms with Gasteiger partial charge < -0.3 is 10.1 Å². The van der Waals surface area contributed by atoms with Gasteiger partial charge in [-0.15, -0.1) is 0 Å². The molecule has 1 atom stereocenters. The number of amides is 2. The van der Waals surface area contributed by atoms with E-state index in [0.29, 0.717) is 16.4 Å². The molecule has 2 rings (SSSR count). The number of carbonyl (C=O) groups excluding carboxylic acids is 2. The van der Waals surface area contributed by atoms with E-state index in [2.05, 4.69) is 15.8 Å². The van der Waals surface area contributed by atoms with Gasteiger partial charge in [-0.25, -0.2) is 5.43 Å². The summed E-state index contributed by atoms with van der Waals surface area (Å²) in [4.78, 5) is 24.4. The molecule has 2 amide bonds. The highest BCUT2D eigenvalue weighted by atomic mass is 35.5. The molecule has 0 unspecified atom stereocenters. The van der Waals surface area contributed by atoms with Gasteiger partial charge in [-0.3, -0.25) is 9.59 Å². The van der Waals surface area contributed by atoms with Gasteiger partial charge in [-0.1, -0.05) is 41.9 Å². The van der Waals surface area contributed by atoms with Gasteiger partial charge in [0.05, 0.1) is 6.42 Å². The number of methoxy groups -OCH3 is 1. The molecule has 0 aliphatic heterocycles. The zero-order chi connectivity index (χ0) is 19.8. The van der Waals surface area contributed by atoms with Crippen molar-refractivity contribution in [2.75, 3.05) is 12.4 Å². The summed E-state index contributed by atoms with van der Waals surface area (Å²) in [6.45, 7) is 3.52. The van der Waals surface area contributed by atoms with Crippen LogP contribution < -0.4 is 10.7 Å². The van der Waals surface area contributed by atoms with Crippen molar-refractivity contribution in [3.8, 4) is 0 Å². The number of hydrogen-bond acceptors (Lipinski definition) is 4. The first kappa shape index (κ1) is 20.6. The lowest BCUT2D eigenvalue weighted by Crippen LogP contribution is -2.28. The van der Waals surface area contributed by atoms with Gasteiger partial charge in [0, 0.05) is 23.5 Å². The van der Waals surface area contributed by atoms with Gasteiger partial charge >= 0.3 is 0 Å². The zero-order valence-corrected chi connectivity index (χ0v) is 16.2. The summed E-state index contributed by atoms with van der Waals surface area (Å²) >= 11 is 5.91. The summed E-state index contributed by atoms with van der Waals surface area (Å²) in [6.07, 6.45) is -0.723. The molecule has 0 bridgehead atoms. The molecule has 0 saturated carbocycles. The van der Waals surface area contributed by atoms with Crippen LogP contribution in [0.1, 0.15) is 30.6 Å². The molecule has 0 saturated heterocycles. The molecule has 0 spiro atoms. The maximum absolute atomic E-state index is 12.3. The lowest BCUT2D eigenvalue weighted by atomic mass is 10.1. The Hall–Kier alpha value is -2.70. The summed E-state index contributed by atoms with van der Waals surface area (Å²) in [5, 5.41) is 7.40. The second kappa shape index (κ2) is 9.85. The van der Waals surface area contributed by atoms with Crippen molar-refractivity contribution in [1.82, 2.24) is 5.43 Å². The molecule has 0 radical (unpaired) electrons. The first-order valence-electron chi connectivity index (χ1n) is 8.37. The highest BCUT2D eigenvalue weighted by molar-refractivity contribution is 6.30. The number of carbonyl (C=O) groups is 2. The SMILES string of the molecule is CO[C@H](C(=O)N/N=C(/C)CC(=O)Nc1ccc(Cl)cc1C)c1ccccc1. The van der Waals surface area contributed by atoms with Gasteiger partial charge in [-0.05, 0) is 43.2 Å². The van der Waals surface area contributed by atoms with E-state index in [0.717, 1.165) is 11.1 Å². The molecule has 6 nitrogen and oxygen atoms in total. The summed E-state index contributed by atoms with van der Waals surface area (Å²) in [7, 11) is 1.45. The van der Waals surface area contributed by atoms with E-state index in [-0.39, 0.29) is 12.3 Å². The predicted octanol–water partition coefficient (Wildman–Crippen LogP) is 3.86. The maximum atomic E-state index is 12.3. The Balaban J connectivity index is 1.92. The molecule has 7 heteroatoms. The minimum absolute atomic E-state index is 0.0470. The molecule has 0 heterocycles.